The molecule has 2 fully saturated rings. The van der Waals surface area contributed by atoms with Gasteiger partial charge in [0.25, 0.3) is 0 Å². The highest BCUT2D eigenvalue weighted by Gasteiger charge is 2.60. The molecule has 0 aromatic carbocycles. The van der Waals surface area contributed by atoms with Gasteiger partial charge in [0.1, 0.15) is 24.6 Å². The Bertz CT molecular complexity index is 766. The molecule has 152 valence electrons. The molecular formula is C20H24O8. The molecule has 0 aromatic rings. The van der Waals surface area contributed by atoms with E-state index < -0.39 is 54.1 Å². The normalized spacial score (nSPS) is 32.7. The van der Waals surface area contributed by atoms with Crippen molar-refractivity contribution >= 4 is 18.2 Å². The molecule has 2 unspecified atom stereocenters. The summed E-state index contributed by atoms with van der Waals surface area (Å²) in [6, 6.07) is 0. The predicted octanol–water partition coefficient (Wildman–Crippen LogP) is 0.758. The van der Waals surface area contributed by atoms with E-state index in [1.54, 1.807) is 6.92 Å². The molecule has 0 amide bonds. The number of carbonyl (C=O) groups excluding carboxylic acids is 3. The molecule has 3 N–H and O–H groups in total. The minimum atomic E-state index is -1.50. The Morgan fingerprint density at radius 3 is 2.54 bits per heavy atom. The Morgan fingerprint density at radius 2 is 2.04 bits per heavy atom. The number of esters is 2. The maximum absolute atomic E-state index is 12.3. The largest absolute Gasteiger partial charge is 0.512 e. The predicted molar refractivity (Wildman–Crippen MR) is 97.8 cm³/mol. The van der Waals surface area contributed by atoms with Crippen molar-refractivity contribution in [3.63, 3.8) is 0 Å². The van der Waals surface area contributed by atoms with E-state index in [0.717, 1.165) is 0 Å². The molecule has 1 aliphatic carbocycles. The molecule has 1 saturated carbocycles. The Morgan fingerprint density at radius 1 is 1.43 bits per heavy atom. The van der Waals surface area contributed by atoms with Gasteiger partial charge in [-0.05, 0) is 12.0 Å². The zero-order valence-corrected chi connectivity index (χ0v) is 15.6. The lowest BCUT2D eigenvalue weighted by Crippen LogP contribution is -2.53. The lowest BCUT2D eigenvalue weighted by atomic mass is 9.58. The van der Waals surface area contributed by atoms with Gasteiger partial charge in [0, 0.05) is 16.9 Å². The standard InChI is InChI=1S/C20H24O8/c1-9(7-21)16-17-15(11(3)19(26)28-17)14(6-20(16,5)12(4)23)27-18(25)10(2)13(24)8-22/h7,13-17,22-24H,1-4,6,8H2,5H3/t13-,14-,15+,16?,17-,20?/m0/s1. The first-order valence-corrected chi connectivity index (χ1v) is 8.60. The molecule has 0 aromatic heterocycles. The van der Waals surface area contributed by atoms with Crippen molar-refractivity contribution in [2.24, 2.45) is 17.3 Å². The molecule has 6 atom stereocenters. The smallest absolute Gasteiger partial charge is 0.336 e. The van der Waals surface area contributed by atoms with E-state index in [1.807, 2.05) is 0 Å². The molecule has 0 bridgehead atoms. The van der Waals surface area contributed by atoms with Crippen molar-refractivity contribution in [1.29, 1.82) is 0 Å². The van der Waals surface area contributed by atoms with Crippen LogP contribution < -0.4 is 0 Å². The topological polar surface area (TPSA) is 130 Å². The number of aliphatic hydroxyl groups excluding tert-OH is 3. The average molecular weight is 392 g/mol. The summed E-state index contributed by atoms with van der Waals surface area (Å²) in [6.07, 6.45) is -2.93. The van der Waals surface area contributed by atoms with Gasteiger partial charge in [0.15, 0.2) is 0 Å². The SMILES string of the molecule is C=C(C=O)C1[C@H]2OC(=O)C(=C)[C@@H]2[C@@H](OC(=O)C(=C)[C@@H](O)CO)CC1(C)C(=C)O. The van der Waals surface area contributed by atoms with E-state index in [-0.39, 0.29) is 28.9 Å². The van der Waals surface area contributed by atoms with E-state index in [9.17, 15) is 24.6 Å². The molecule has 1 heterocycles. The van der Waals surface area contributed by atoms with E-state index in [0.29, 0.717) is 6.29 Å². The summed E-state index contributed by atoms with van der Waals surface area (Å²) in [5.41, 5.74) is -1.39. The second-order valence-corrected chi connectivity index (χ2v) is 7.33. The number of ether oxygens (including phenoxy) is 2. The number of aliphatic hydroxyl groups is 3. The van der Waals surface area contributed by atoms with Crippen molar-refractivity contribution in [3.8, 4) is 0 Å². The van der Waals surface area contributed by atoms with Crippen molar-refractivity contribution < 1.29 is 39.2 Å². The highest BCUT2D eigenvalue weighted by atomic mass is 16.6. The van der Waals surface area contributed by atoms with Crippen molar-refractivity contribution in [1.82, 2.24) is 0 Å². The summed E-state index contributed by atoms with van der Waals surface area (Å²) in [4.78, 5) is 35.9. The maximum Gasteiger partial charge on any atom is 0.336 e. The van der Waals surface area contributed by atoms with Gasteiger partial charge >= 0.3 is 11.9 Å². The summed E-state index contributed by atoms with van der Waals surface area (Å²) < 4.78 is 10.8. The fourth-order valence-electron chi connectivity index (χ4n) is 3.92. The summed E-state index contributed by atoms with van der Waals surface area (Å²) in [5.74, 6) is -3.55. The van der Waals surface area contributed by atoms with Gasteiger partial charge in [-0.25, -0.2) is 9.59 Å². The van der Waals surface area contributed by atoms with E-state index in [4.69, 9.17) is 14.6 Å². The molecule has 8 heteroatoms. The average Bonchev–Trinajstić information content (AvgIpc) is 2.94. The van der Waals surface area contributed by atoms with Gasteiger partial charge in [-0.15, -0.1) is 0 Å². The van der Waals surface area contributed by atoms with Crippen LogP contribution in [0.1, 0.15) is 13.3 Å². The Hall–Kier alpha value is -2.71. The van der Waals surface area contributed by atoms with Crippen molar-refractivity contribution in [3.05, 3.63) is 48.8 Å². The first-order valence-electron chi connectivity index (χ1n) is 8.60. The van der Waals surface area contributed by atoms with E-state index in [1.165, 1.54) is 0 Å². The van der Waals surface area contributed by atoms with Gasteiger partial charge in [-0.3, -0.25) is 4.79 Å². The highest BCUT2D eigenvalue weighted by molar-refractivity contribution is 5.92. The number of carbonyl (C=O) groups is 3. The molecule has 2 rings (SSSR count). The van der Waals surface area contributed by atoms with Gasteiger partial charge in [-0.2, -0.15) is 0 Å². The van der Waals surface area contributed by atoms with Crippen LogP contribution in [-0.4, -0.2) is 58.5 Å². The summed E-state index contributed by atoms with van der Waals surface area (Å²) in [7, 11) is 0. The van der Waals surface area contributed by atoms with Gasteiger partial charge < -0.3 is 24.8 Å². The monoisotopic (exact) mass is 392 g/mol. The molecular weight excluding hydrogens is 368 g/mol. The van der Waals surface area contributed by atoms with Crippen LogP contribution in [0.15, 0.2) is 48.8 Å². The number of hydrogen-bond donors (Lipinski definition) is 3. The Kier molecular flexibility index (Phi) is 5.96. The summed E-state index contributed by atoms with van der Waals surface area (Å²) in [6.45, 7) is 15.3. The molecule has 8 nitrogen and oxygen atoms in total. The third kappa shape index (κ3) is 3.41. The Balaban J connectivity index is 2.46. The van der Waals surface area contributed by atoms with Crippen molar-refractivity contribution in [2.75, 3.05) is 6.61 Å². The van der Waals surface area contributed by atoms with Crippen molar-refractivity contribution in [2.45, 2.75) is 31.7 Å². The van der Waals surface area contributed by atoms with Gasteiger partial charge in [0.2, 0.25) is 0 Å². The fraction of sp³-hybridized carbons (Fsp3) is 0.450. The van der Waals surface area contributed by atoms with Crippen LogP contribution in [0.2, 0.25) is 0 Å². The zero-order valence-electron chi connectivity index (χ0n) is 15.6. The molecule has 0 radical (unpaired) electrons. The lowest BCUT2D eigenvalue weighted by Gasteiger charge is -2.48. The van der Waals surface area contributed by atoms with E-state index >= 15 is 0 Å². The number of aldehydes is 1. The van der Waals surface area contributed by atoms with Gasteiger partial charge in [0.05, 0.1) is 23.9 Å². The third-order valence-electron chi connectivity index (χ3n) is 5.61. The molecule has 1 saturated heterocycles. The first-order chi connectivity index (χ1) is 13.0. The van der Waals surface area contributed by atoms with Crippen LogP contribution in [0.25, 0.3) is 0 Å². The first kappa shape index (κ1) is 21.6. The highest BCUT2D eigenvalue weighted by Crippen LogP contribution is 2.55. The quantitative estimate of drug-likeness (QED) is 0.251. The van der Waals surface area contributed by atoms with Crippen LogP contribution in [0.3, 0.4) is 0 Å². The van der Waals surface area contributed by atoms with E-state index in [2.05, 4.69) is 26.3 Å². The van der Waals surface area contributed by atoms with Crippen LogP contribution in [0, 0.1) is 17.3 Å². The number of allylic oxidation sites excluding steroid dienone is 1. The third-order valence-corrected chi connectivity index (χ3v) is 5.61. The van der Waals surface area contributed by atoms with Crippen LogP contribution in [-0.2, 0) is 23.9 Å². The fourth-order valence-corrected chi connectivity index (χ4v) is 3.92. The molecule has 2 aliphatic rings. The minimum Gasteiger partial charge on any atom is -0.512 e. The minimum absolute atomic E-state index is 0.00900. The molecule has 0 spiro atoms. The second kappa shape index (κ2) is 7.73. The number of hydrogen-bond acceptors (Lipinski definition) is 8. The van der Waals surface area contributed by atoms with Crippen LogP contribution in [0.4, 0.5) is 0 Å². The maximum atomic E-state index is 12.3. The van der Waals surface area contributed by atoms with Crippen LogP contribution >= 0.6 is 0 Å². The number of fused-ring (bicyclic) bond motifs is 1. The second-order valence-electron chi connectivity index (χ2n) is 7.33. The Labute approximate surface area is 162 Å². The molecule has 28 heavy (non-hydrogen) atoms. The number of rotatable bonds is 7. The van der Waals surface area contributed by atoms with Crippen LogP contribution in [0.5, 0.6) is 0 Å². The molecule has 1 aliphatic heterocycles. The van der Waals surface area contributed by atoms with Gasteiger partial charge in [-0.1, -0.05) is 33.2 Å². The zero-order chi connectivity index (χ0) is 21.4. The summed E-state index contributed by atoms with van der Waals surface area (Å²) in [5, 5.41) is 28.8. The summed E-state index contributed by atoms with van der Waals surface area (Å²) >= 11 is 0. The lowest BCUT2D eigenvalue weighted by molar-refractivity contribution is -0.162.